The molecule has 2 fully saturated rings. The highest BCUT2D eigenvalue weighted by Crippen LogP contribution is 2.25. The number of carbonyl (C=O) groups excluding carboxylic acids is 2. The van der Waals surface area contributed by atoms with E-state index in [-0.39, 0.29) is 18.4 Å². The minimum Gasteiger partial charge on any atom is -0.393 e. The van der Waals surface area contributed by atoms with Crippen LogP contribution in [0.4, 0.5) is 0 Å². The summed E-state index contributed by atoms with van der Waals surface area (Å²) < 4.78 is 0. The van der Waals surface area contributed by atoms with Crippen LogP contribution < -0.4 is 0 Å². The van der Waals surface area contributed by atoms with Crippen LogP contribution >= 0.6 is 11.3 Å². The van der Waals surface area contributed by atoms with E-state index in [1.54, 1.807) is 21.1 Å². The van der Waals surface area contributed by atoms with Crippen molar-refractivity contribution < 1.29 is 14.7 Å². The number of amides is 2. The van der Waals surface area contributed by atoms with Crippen molar-refractivity contribution in [2.75, 3.05) is 13.1 Å². The molecule has 0 bridgehead atoms. The van der Waals surface area contributed by atoms with Crippen molar-refractivity contribution in [1.29, 1.82) is 0 Å². The quantitative estimate of drug-likeness (QED) is 0.889. The fourth-order valence-corrected chi connectivity index (χ4v) is 3.99. The molecule has 0 saturated carbocycles. The van der Waals surface area contributed by atoms with Gasteiger partial charge < -0.3 is 14.9 Å². The molecule has 2 aliphatic heterocycles. The number of thiazole rings is 1. The van der Waals surface area contributed by atoms with Gasteiger partial charge in [-0.15, -0.1) is 11.3 Å². The Morgan fingerprint density at radius 2 is 2.27 bits per heavy atom. The highest BCUT2D eigenvalue weighted by Gasteiger charge is 2.42. The molecule has 1 aromatic heterocycles. The number of aliphatic hydroxyl groups excluding tert-OH is 1. The summed E-state index contributed by atoms with van der Waals surface area (Å²) in [4.78, 5) is 32.5. The summed E-state index contributed by atoms with van der Waals surface area (Å²) in [7, 11) is 0. The number of carbonyl (C=O) groups is 2. The summed E-state index contributed by atoms with van der Waals surface area (Å²) in [5.41, 5.74) is 0.847. The topological polar surface area (TPSA) is 73.7 Å². The maximum Gasteiger partial charge on any atom is 0.246 e. The summed E-state index contributed by atoms with van der Waals surface area (Å²) in [6.45, 7) is 3.08. The van der Waals surface area contributed by atoms with Crippen LogP contribution in [0.15, 0.2) is 5.38 Å². The second-order valence-corrected chi connectivity index (χ2v) is 6.90. The molecule has 7 heteroatoms. The van der Waals surface area contributed by atoms with Crippen LogP contribution in [0.5, 0.6) is 0 Å². The predicted octanol–water partition coefficient (Wildman–Crippen LogP) is 0.790. The second-order valence-electron chi connectivity index (χ2n) is 5.96. The Balaban J connectivity index is 1.71. The number of fused-ring (bicyclic) bond motifs is 1. The van der Waals surface area contributed by atoms with Gasteiger partial charge in [0.15, 0.2) is 0 Å². The zero-order valence-corrected chi connectivity index (χ0v) is 13.5. The molecule has 6 nitrogen and oxygen atoms in total. The summed E-state index contributed by atoms with van der Waals surface area (Å²) in [5.74, 6) is -0.0936. The average molecular weight is 323 g/mol. The maximum absolute atomic E-state index is 12.6. The Bertz CT molecular complexity index is 574. The van der Waals surface area contributed by atoms with Gasteiger partial charge in [-0.25, -0.2) is 4.98 Å². The number of aromatic nitrogens is 1. The van der Waals surface area contributed by atoms with E-state index in [4.69, 9.17) is 0 Å². The molecule has 2 saturated heterocycles. The smallest absolute Gasteiger partial charge is 0.246 e. The van der Waals surface area contributed by atoms with E-state index in [0.717, 1.165) is 23.5 Å². The molecule has 2 amide bonds. The van der Waals surface area contributed by atoms with Gasteiger partial charge in [0.05, 0.1) is 23.4 Å². The van der Waals surface area contributed by atoms with Crippen molar-refractivity contribution in [3.8, 4) is 0 Å². The minimum atomic E-state index is -0.501. The van der Waals surface area contributed by atoms with E-state index in [1.807, 2.05) is 5.38 Å². The SMILES string of the molecule is CCCc1nc(CN2CC(=O)N3CC[C@@H](O)C[C@H]3C2=O)cs1. The first-order valence-electron chi connectivity index (χ1n) is 7.78. The van der Waals surface area contributed by atoms with Gasteiger partial charge >= 0.3 is 0 Å². The Morgan fingerprint density at radius 3 is 3.05 bits per heavy atom. The second kappa shape index (κ2) is 6.34. The van der Waals surface area contributed by atoms with Gasteiger partial charge in [-0.05, 0) is 19.3 Å². The van der Waals surface area contributed by atoms with E-state index in [9.17, 15) is 14.7 Å². The Labute approximate surface area is 133 Å². The number of aliphatic hydroxyl groups is 1. The lowest BCUT2D eigenvalue weighted by molar-refractivity contribution is -0.160. The van der Waals surface area contributed by atoms with Crippen molar-refractivity contribution in [2.45, 2.75) is 51.3 Å². The van der Waals surface area contributed by atoms with Crippen LogP contribution in [0.2, 0.25) is 0 Å². The number of hydrogen-bond donors (Lipinski definition) is 1. The summed E-state index contributed by atoms with van der Waals surface area (Å²) in [6.07, 6.45) is 2.40. The lowest BCUT2D eigenvalue weighted by atomic mass is 9.96. The van der Waals surface area contributed by atoms with Crippen molar-refractivity contribution >= 4 is 23.2 Å². The van der Waals surface area contributed by atoms with Gasteiger partial charge in [0, 0.05) is 18.3 Å². The highest BCUT2D eigenvalue weighted by molar-refractivity contribution is 7.09. The summed E-state index contributed by atoms with van der Waals surface area (Å²) in [6, 6.07) is -0.501. The molecule has 2 atom stereocenters. The van der Waals surface area contributed by atoms with Gasteiger partial charge in [-0.1, -0.05) is 6.92 Å². The van der Waals surface area contributed by atoms with Gasteiger partial charge in [-0.2, -0.15) is 0 Å². The number of piperidine rings is 1. The molecular weight excluding hydrogens is 302 g/mol. The van der Waals surface area contributed by atoms with Gasteiger partial charge in [-0.3, -0.25) is 9.59 Å². The third-order valence-corrected chi connectivity index (χ3v) is 5.19. The van der Waals surface area contributed by atoms with Crippen LogP contribution in [0.3, 0.4) is 0 Å². The van der Waals surface area contributed by atoms with Gasteiger partial charge in [0.2, 0.25) is 11.8 Å². The van der Waals surface area contributed by atoms with E-state index < -0.39 is 12.1 Å². The standard InChI is InChI=1S/C15H21N3O3S/c1-2-3-13-16-10(9-22-13)7-17-8-14(20)18-5-4-11(19)6-12(18)15(17)21/h9,11-12,19H,2-8H2,1H3/t11-,12+/m1/s1. The fourth-order valence-electron chi connectivity index (χ4n) is 3.10. The van der Waals surface area contributed by atoms with Gasteiger partial charge in [0.25, 0.3) is 0 Å². The number of rotatable bonds is 4. The average Bonchev–Trinajstić information content (AvgIpc) is 2.92. The third-order valence-electron chi connectivity index (χ3n) is 4.23. The molecule has 22 heavy (non-hydrogen) atoms. The van der Waals surface area contributed by atoms with Crippen LogP contribution in [0, 0.1) is 0 Å². The van der Waals surface area contributed by atoms with Crippen LogP contribution in [-0.2, 0) is 22.6 Å². The van der Waals surface area contributed by atoms with Crippen molar-refractivity contribution in [1.82, 2.24) is 14.8 Å². The van der Waals surface area contributed by atoms with Crippen molar-refractivity contribution in [3.05, 3.63) is 16.1 Å². The normalized spacial score (nSPS) is 25.5. The molecule has 2 aliphatic rings. The minimum absolute atomic E-state index is 0.0273. The number of aryl methyl sites for hydroxylation is 1. The van der Waals surface area contributed by atoms with Crippen LogP contribution in [0.1, 0.15) is 36.9 Å². The van der Waals surface area contributed by atoms with E-state index in [0.29, 0.717) is 25.9 Å². The van der Waals surface area contributed by atoms with Crippen molar-refractivity contribution in [2.24, 2.45) is 0 Å². The summed E-state index contributed by atoms with van der Waals surface area (Å²) in [5, 5.41) is 12.8. The molecule has 120 valence electrons. The molecule has 0 radical (unpaired) electrons. The lowest BCUT2D eigenvalue weighted by Crippen LogP contribution is -2.62. The summed E-state index contributed by atoms with van der Waals surface area (Å²) >= 11 is 1.60. The Kier molecular flexibility index (Phi) is 4.44. The zero-order chi connectivity index (χ0) is 15.7. The van der Waals surface area contributed by atoms with Crippen LogP contribution in [-0.4, -0.2) is 56.9 Å². The molecule has 0 aliphatic carbocycles. The Hall–Kier alpha value is -1.47. The first-order chi connectivity index (χ1) is 10.6. The molecule has 1 N–H and O–H groups in total. The van der Waals surface area contributed by atoms with Crippen LogP contribution in [0.25, 0.3) is 0 Å². The Morgan fingerprint density at radius 1 is 1.45 bits per heavy atom. The first-order valence-corrected chi connectivity index (χ1v) is 8.66. The first kappa shape index (κ1) is 15.4. The largest absolute Gasteiger partial charge is 0.393 e. The van der Waals surface area contributed by atoms with E-state index in [1.165, 1.54) is 0 Å². The lowest BCUT2D eigenvalue weighted by Gasteiger charge is -2.43. The predicted molar refractivity (Wildman–Crippen MR) is 82.3 cm³/mol. The third kappa shape index (κ3) is 3.01. The monoisotopic (exact) mass is 323 g/mol. The molecule has 0 aromatic carbocycles. The molecule has 3 rings (SSSR count). The zero-order valence-electron chi connectivity index (χ0n) is 12.7. The highest BCUT2D eigenvalue weighted by atomic mass is 32.1. The molecular formula is C15H21N3O3S. The van der Waals surface area contributed by atoms with Gasteiger partial charge in [0.1, 0.15) is 12.6 Å². The van der Waals surface area contributed by atoms with E-state index >= 15 is 0 Å². The number of piperazine rings is 1. The van der Waals surface area contributed by atoms with E-state index in [2.05, 4.69) is 11.9 Å². The molecule has 0 spiro atoms. The molecule has 3 heterocycles. The number of nitrogens with zero attached hydrogens (tertiary/aromatic N) is 3. The maximum atomic E-state index is 12.6. The molecule has 1 aromatic rings. The number of hydrogen-bond acceptors (Lipinski definition) is 5. The fraction of sp³-hybridized carbons (Fsp3) is 0.667. The molecule has 0 unspecified atom stereocenters. The van der Waals surface area contributed by atoms with Crippen molar-refractivity contribution in [3.63, 3.8) is 0 Å².